The molecule has 1 aliphatic carbocycles. The standard InChI is InChI=1S/C26H24ClFN2O3/c1-2-25(33)15-26(16-25,24(32)30-22-12-8-20(28)9-13-22)18-6-10-21(11-7-18)29-23(31)17-4-3-5-19(27)14-17/h3-14,33H,2,15-16H2,1H3,(H,29,31)(H,30,32). The summed E-state index contributed by atoms with van der Waals surface area (Å²) in [6, 6.07) is 19.2. The summed E-state index contributed by atoms with van der Waals surface area (Å²) in [4.78, 5) is 25.8. The van der Waals surface area contributed by atoms with Gasteiger partial charge in [-0.3, -0.25) is 9.59 Å². The molecule has 170 valence electrons. The molecule has 0 radical (unpaired) electrons. The number of hydrogen-bond acceptors (Lipinski definition) is 3. The summed E-state index contributed by atoms with van der Waals surface area (Å²) in [6.07, 6.45) is 1.09. The Balaban J connectivity index is 1.54. The summed E-state index contributed by atoms with van der Waals surface area (Å²) in [5, 5.41) is 16.8. The summed E-state index contributed by atoms with van der Waals surface area (Å²) >= 11 is 5.96. The number of rotatable bonds is 6. The first-order valence-electron chi connectivity index (χ1n) is 10.7. The van der Waals surface area contributed by atoms with Gasteiger partial charge in [-0.1, -0.05) is 36.7 Å². The number of aliphatic hydroxyl groups is 1. The SMILES string of the molecule is CCC1(O)CC(C(=O)Nc2ccc(F)cc2)(c2ccc(NC(=O)c3cccc(Cl)c3)cc2)C1. The van der Waals surface area contributed by atoms with E-state index in [1.54, 1.807) is 48.5 Å². The largest absolute Gasteiger partial charge is 0.390 e. The number of carbonyl (C=O) groups is 2. The van der Waals surface area contributed by atoms with Crippen molar-refractivity contribution in [2.75, 3.05) is 10.6 Å². The van der Waals surface area contributed by atoms with Crippen molar-refractivity contribution in [3.8, 4) is 0 Å². The molecule has 0 aromatic heterocycles. The zero-order valence-corrected chi connectivity index (χ0v) is 18.8. The van der Waals surface area contributed by atoms with Crippen LogP contribution in [-0.2, 0) is 10.2 Å². The van der Waals surface area contributed by atoms with Crippen molar-refractivity contribution < 1.29 is 19.1 Å². The van der Waals surface area contributed by atoms with Crippen molar-refractivity contribution >= 4 is 34.8 Å². The van der Waals surface area contributed by atoms with E-state index < -0.39 is 11.0 Å². The van der Waals surface area contributed by atoms with Crippen molar-refractivity contribution in [1.82, 2.24) is 0 Å². The maximum atomic E-state index is 13.3. The molecule has 1 saturated carbocycles. The van der Waals surface area contributed by atoms with E-state index in [0.29, 0.717) is 28.4 Å². The lowest BCUT2D eigenvalue weighted by Crippen LogP contribution is -2.60. The van der Waals surface area contributed by atoms with Crippen LogP contribution < -0.4 is 10.6 Å². The van der Waals surface area contributed by atoms with Crippen LogP contribution in [0.5, 0.6) is 0 Å². The molecule has 0 saturated heterocycles. The van der Waals surface area contributed by atoms with Crippen LogP contribution in [0.15, 0.2) is 72.8 Å². The molecule has 1 fully saturated rings. The monoisotopic (exact) mass is 466 g/mol. The molecule has 0 aliphatic heterocycles. The third kappa shape index (κ3) is 4.77. The van der Waals surface area contributed by atoms with Gasteiger partial charge in [0, 0.05) is 22.0 Å². The third-order valence-electron chi connectivity index (χ3n) is 6.24. The van der Waals surface area contributed by atoms with Crippen LogP contribution in [0.4, 0.5) is 15.8 Å². The molecular weight excluding hydrogens is 443 g/mol. The molecule has 5 nitrogen and oxygen atoms in total. The molecule has 4 rings (SSSR count). The van der Waals surface area contributed by atoms with Gasteiger partial charge in [0.25, 0.3) is 5.91 Å². The maximum Gasteiger partial charge on any atom is 0.255 e. The second-order valence-corrected chi connectivity index (χ2v) is 8.95. The Morgan fingerprint density at radius 3 is 2.18 bits per heavy atom. The second-order valence-electron chi connectivity index (χ2n) is 8.52. The highest BCUT2D eigenvalue weighted by Gasteiger charge is 2.58. The molecule has 0 bridgehead atoms. The number of benzene rings is 3. The van der Waals surface area contributed by atoms with Gasteiger partial charge >= 0.3 is 0 Å². The Morgan fingerprint density at radius 1 is 0.970 bits per heavy atom. The molecule has 0 spiro atoms. The van der Waals surface area contributed by atoms with E-state index in [1.165, 1.54) is 24.3 Å². The molecule has 3 aromatic carbocycles. The fourth-order valence-corrected chi connectivity index (χ4v) is 4.50. The molecule has 3 N–H and O–H groups in total. The maximum absolute atomic E-state index is 13.3. The number of nitrogens with one attached hydrogen (secondary N) is 2. The zero-order chi connectivity index (χ0) is 23.6. The Labute approximate surface area is 196 Å². The first kappa shape index (κ1) is 23.0. The van der Waals surface area contributed by atoms with Gasteiger partial charge in [0.05, 0.1) is 11.0 Å². The molecule has 33 heavy (non-hydrogen) atoms. The van der Waals surface area contributed by atoms with Crippen LogP contribution >= 0.6 is 11.6 Å². The van der Waals surface area contributed by atoms with E-state index >= 15 is 0 Å². The Hall–Kier alpha value is -3.22. The molecule has 7 heteroatoms. The average Bonchev–Trinajstić information content (AvgIpc) is 2.79. The van der Waals surface area contributed by atoms with Crippen molar-refractivity contribution in [3.63, 3.8) is 0 Å². The minimum Gasteiger partial charge on any atom is -0.390 e. The summed E-state index contributed by atoms with van der Waals surface area (Å²) in [6.45, 7) is 1.89. The minimum atomic E-state index is -0.922. The van der Waals surface area contributed by atoms with Crippen LogP contribution in [-0.4, -0.2) is 22.5 Å². The molecular formula is C26H24ClFN2O3. The van der Waals surface area contributed by atoms with E-state index in [1.807, 2.05) is 6.92 Å². The predicted molar refractivity (Wildman–Crippen MR) is 127 cm³/mol. The average molecular weight is 467 g/mol. The Kier molecular flexibility index (Phi) is 6.23. The summed E-state index contributed by atoms with van der Waals surface area (Å²) < 4.78 is 13.2. The van der Waals surface area contributed by atoms with Gasteiger partial charge < -0.3 is 15.7 Å². The van der Waals surface area contributed by atoms with Gasteiger partial charge in [-0.2, -0.15) is 0 Å². The van der Waals surface area contributed by atoms with Crippen LogP contribution in [0.1, 0.15) is 42.1 Å². The van der Waals surface area contributed by atoms with Crippen molar-refractivity contribution in [1.29, 1.82) is 0 Å². The van der Waals surface area contributed by atoms with E-state index in [-0.39, 0.29) is 30.5 Å². The van der Waals surface area contributed by atoms with Crippen LogP contribution in [0.3, 0.4) is 0 Å². The molecule has 2 amide bonds. The summed E-state index contributed by atoms with van der Waals surface area (Å²) in [7, 11) is 0. The van der Waals surface area contributed by atoms with Gasteiger partial charge in [-0.25, -0.2) is 4.39 Å². The fourth-order valence-electron chi connectivity index (χ4n) is 4.31. The Bertz CT molecular complexity index is 1170. The van der Waals surface area contributed by atoms with Crippen molar-refractivity contribution in [2.24, 2.45) is 0 Å². The highest BCUT2D eigenvalue weighted by molar-refractivity contribution is 6.31. The number of hydrogen-bond donors (Lipinski definition) is 3. The molecule has 0 heterocycles. The van der Waals surface area contributed by atoms with Crippen LogP contribution in [0.2, 0.25) is 5.02 Å². The highest BCUT2D eigenvalue weighted by atomic mass is 35.5. The van der Waals surface area contributed by atoms with Crippen LogP contribution in [0, 0.1) is 5.82 Å². The summed E-state index contributed by atoms with van der Waals surface area (Å²) in [5.74, 6) is -0.942. The van der Waals surface area contributed by atoms with Crippen molar-refractivity contribution in [2.45, 2.75) is 37.2 Å². The molecule has 0 unspecified atom stereocenters. The third-order valence-corrected chi connectivity index (χ3v) is 6.47. The first-order valence-corrected chi connectivity index (χ1v) is 11.1. The van der Waals surface area contributed by atoms with E-state index in [9.17, 15) is 19.1 Å². The number of halogens is 2. The van der Waals surface area contributed by atoms with Gasteiger partial charge in [0.1, 0.15) is 5.82 Å². The molecule has 1 aliphatic rings. The van der Waals surface area contributed by atoms with E-state index in [2.05, 4.69) is 10.6 Å². The second kappa shape index (κ2) is 8.96. The lowest BCUT2D eigenvalue weighted by atomic mass is 9.54. The lowest BCUT2D eigenvalue weighted by molar-refractivity contribution is -0.143. The highest BCUT2D eigenvalue weighted by Crippen LogP contribution is 2.52. The van der Waals surface area contributed by atoms with E-state index in [0.717, 1.165) is 5.56 Å². The predicted octanol–water partition coefficient (Wildman–Crippen LogP) is 5.54. The number of anilines is 2. The van der Waals surface area contributed by atoms with Crippen LogP contribution in [0.25, 0.3) is 0 Å². The zero-order valence-electron chi connectivity index (χ0n) is 18.1. The molecule has 3 aromatic rings. The van der Waals surface area contributed by atoms with Gasteiger partial charge in [-0.15, -0.1) is 0 Å². The topological polar surface area (TPSA) is 78.4 Å². The Morgan fingerprint density at radius 2 is 1.58 bits per heavy atom. The number of amides is 2. The smallest absolute Gasteiger partial charge is 0.255 e. The molecule has 0 atom stereocenters. The quantitative estimate of drug-likeness (QED) is 0.446. The van der Waals surface area contributed by atoms with Gasteiger partial charge in [-0.05, 0) is 79.4 Å². The van der Waals surface area contributed by atoms with Gasteiger partial charge in [0.15, 0.2) is 0 Å². The first-order chi connectivity index (χ1) is 15.7. The van der Waals surface area contributed by atoms with E-state index in [4.69, 9.17) is 11.6 Å². The number of carbonyl (C=O) groups excluding carboxylic acids is 2. The van der Waals surface area contributed by atoms with Crippen molar-refractivity contribution in [3.05, 3.63) is 94.8 Å². The van der Waals surface area contributed by atoms with Gasteiger partial charge in [0.2, 0.25) is 5.91 Å². The fraction of sp³-hybridized carbons (Fsp3) is 0.231. The normalized spacial score (nSPS) is 21.7. The summed E-state index contributed by atoms with van der Waals surface area (Å²) in [5.41, 5.74) is 0.393. The minimum absolute atomic E-state index is 0.261. The lowest BCUT2D eigenvalue weighted by Gasteiger charge is -2.52.